The molecule has 8 nitrogen and oxygen atoms in total. The first-order valence-electron chi connectivity index (χ1n) is 7.08. The lowest BCUT2D eigenvalue weighted by Gasteiger charge is -2.07. The number of hydrogen-bond donors (Lipinski definition) is 1. The first kappa shape index (κ1) is 17.7. The highest BCUT2D eigenvalue weighted by atomic mass is 32.1. The number of nitrogens with zero attached hydrogens (tertiary/aromatic N) is 3. The average Bonchev–Trinajstić information content (AvgIpc) is 2.92. The molecule has 0 aliphatic rings. The van der Waals surface area contributed by atoms with Crippen LogP contribution < -0.4 is 11.2 Å². The number of hydrogen-bond acceptors (Lipinski definition) is 7. The minimum absolute atomic E-state index is 0.138. The van der Waals surface area contributed by atoms with E-state index in [9.17, 15) is 19.5 Å². The summed E-state index contributed by atoms with van der Waals surface area (Å²) in [7, 11) is 2.65. The summed E-state index contributed by atoms with van der Waals surface area (Å²) in [5, 5.41) is 10.4. The summed E-state index contributed by atoms with van der Waals surface area (Å²) in [5.74, 6) is -0.996. The van der Waals surface area contributed by atoms with E-state index in [0.717, 1.165) is 20.2 Å². The van der Waals surface area contributed by atoms with Crippen molar-refractivity contribution in [2.75, 3.05) is 6.61 Å². The summed E-state index contributed by atoms with van der Waals surface area (Å²) < 4.78 is 6.78. The number of thiophene rings is 1. The number of esters is 1. The highest BCUT2D eigenvalue weighted by Gasteiger charge is 2.17. The van der Waals surface area contributed by atoms with E-state index in [1.807, 2.05) is 6.92 Å². The fraction of sp³-hybridized carbons (Fsp3) is 0.333. The van der Waals surface area contributed by atoms with Crippen LogP contribution in [-0.4, -0.2) is 33.0 Å². The Morgan fingerprint density at radius 2 is 2.04 bits per heavy atom. The molecule has 0 radical (unpaired) electrons. The third kappa shape index (κ3) is 3.16. The van der Waals surface area contributed by atoms with E-state index in [1.165, 1.54) is 25.4 Å². The van der Waals surface area contributed by atoms with Crippen LogP contribution in [0.25, 0.3) is 0 Å². The molecule has 0 saturated heterocycles. The zero-order chi connectivity index (χ0) is 18.0. The van der Waals surface area contributed by atoms with E-state index in [2.05, 4.69) is 4.99 Å². The minimum atomic E-state index is -0.676. The summed E-state index contributed by atoms with van der Waals surface area (Å²) in [4.78, 5) is 40.8. The van der Waals surface area contributed by atoms with Crippen LogP contribution in [0.1, 0.15) is 27.7 Å². The lowest BCUT2D eigenvalue weighted by atomic mass is 10.3. The number of aliphatic imine (C=N–C) groups is 1. The van der Waals surface area contributed by atoms with Gasteiger partial charge in [0.2, 0.25) is 5.88 Å². The summed E-state index contributed by atoms with van der Waals surface area (Å²) in [6.45, 7) is 3.75. The van der Waals surface area contributed by atoms with Gasteiger partial charge >= 0.3 is 11.7 Å². The first-order valence-corrected chi connectivity index (χ1v) is 7.90. The molecule has 0 saturated carbocycles. The second-order valence-corrected chi connectivity index (χ2v) is 6.23. The van der Waals surface area contributed by atoms with Crippen molar-refractivity contribution in [3.8, 4) is 5.88 Å². The predicted molar refractivity (Wildman–Crippen MR) is 90.9 cm³/mol. The van der Waals surface area contributed by atoms with Crippen LogP contribution in [-0.2, 0) is 18.8 Å². The lowest BCUT2D eigenvalue weighted by molar-refractivity contribution is 0.0528. The molecule has 2 heterocycles. The number of aromatic hydroxyl groups is 1. The molecule has 1 N–H and O–H groups in total. The van der Waals surface area contributed by atoms with Crippen molar-refractivity contribution in [2.45, 2.75) is 13.8 Å². The van der Waals surface area contributed by atoms with E-state index in [0.29, 0.717) is 5.00 Å². The predicted octanol–water partition coefficient (Wildman–Crippen LogP) is 1.09. The highest BCUT2D eigenvalue weighted by Crippen LogP contribution is 2.31. The van der Waals surface area contributed by atoms with Gasteiger partial charge < -0.3 is 9.84 Å². The summed E-state index contributed by atoms with van der Waals surface area (Å²) in [6.07, 6.45) is 1.14. The lowest BCUT2D eigenvalue weighted by Crippen LogP contribution is -2.38. The van der Waals surface area contributed by atoms with Gasteiger partial charge in [-0.25, -0.2) is 14.6 Å². The summed E-state index contributed by atoms with van der Waals surface area (Å²) in [5.41, 5.74) is -1.17. The van der Waals surface area contributed by atoms with Crippen LogP contribution in [0.2, 0.25) is 0 Å². The van der Waals surface area contributed by atoms with Crippen LogP contribution in [0.5, 0.6) is 5.88 Å². The van der Waals surface area contributed by atoms with Gasteiger partial charge in [-0.2, -0.15) is 0 Å². The zero-order valence-electron chi connectivity index (χ0n) is 13.7. The normalized spacial score (nSPS) is 11.2. The molecule has 2 aromatic heterocycles. The van der Waals surface area contributed by atoms with Crippen molar-refractivity contribution in [2.24, 2.45) is 19.1 Å². The highest BCUT2D eigenvalue weighted by molar-refractivity contribution is 7.16. The fourth-order valence-corrected chi connectivity index (χ4v) is 2.89. The van der Waals surface area contributed by atoms with E-state index < -0.39 is 23.1 Å². The molecule has 2 aromatic rings. The number of ether oxygens (including phenoxy) is 1. The van der Waals surface area contributed by atoms with Crippen molar-refractivity contribution < 1.29 is 14.6 Å². The standard InChI is InChI=1S/C15H17N3O5S/c1-5-23-14(21)9-6-8(2)24-11(9)16-7-10-12(19)17(3)15(22)18(4)13(10)20/h6-7,19H,5H2,1-4H3/b16-7+. The molecular formula is C15H17N3O5S. The van der Waals surface area contributed by atoms with E-state index in [-0.39, 0.29) is 17.7 Å². The molecule has 0 atom stereocenters. The second-order valence-electron chi connectivity index (χ2n) is 5.00. The van der Waals surface area contributed by atoms with E-state index >= 15 is 0 Å². The van der Waals surface area contributed by atoms with Gasteiger partial charge in [-0.3, -0.25) is 13.9 Å². The molecule has 0 aliphatic heterocycles. The second kappa shape index (κ2) is 6.83. The van der Waals surface area contributed by atoms with Gasteiger partial charge in [0.25, 0.3) is 5.56 Å². The fourth-order valence-electron chi connectivity index (χ4n) is 2.05. The Kier molecular flexibility index (Phi) is 5.03. The Hall–Kier alpha value is -2.68. The largest absolute Gasteiger partial charge is 0.494 e. The zero-order valence-corrected chi connectivity index (χ0v) is 14.5. The van der Waals surface area contributed by atoms with Crippen molar-refractivity contribution in [3.63, 3.8) is 0 Å². The third-order valence-electron chi connectivity index (χ3n) is 3.31. The number of aromatic nitrogens is 2. The Morgan fingerprint density at radius 1 is 1.38 bits per heavy atom. The number of carbonyl (C=O) groups excluding carboxylic acids is 1. The maximum Gasteiger partial charge on any atom is 0.341 e. The molecular weight excluding hydrogens is 334 g/mol. The number of carbonyl (C=O) groups is 1. The number of aryl methyl sites for hydroxylation is 1. The SMILES string of the molecule is CCOC(=O)c1cc(C)sc1/N=C/c1c(O)n(C)c(=O)n(C)c1=O. The van der Waals surface area contributed by atoms with Crippen molar-refractivity contribution in [1.29, 1.82) is 0 Å². The van der Waals surface area contributed by atoms with Gasteiger partial charge in [-0.15, -0.1) is 11.3 Å². The van der Waals surface area contributed by atoms with Gasteiger partial charge in [0.1, 0.15) is 10.6 Å². The van der Waals surface area contributed by atoms with Crippen LogP contribution in [0.15, 0.2) is 20.6 Å². The molecule has 9 heteroatoms. The van der Waals surface area contributed by atoms with E-state index in [1.54, 1.807) is 13.0 Å². The Morgan fingerprint density at radius 3 is 2.67 bits per heavy atom. The van der Waals surface area contributed by atoms with Gasteiger partial charge in [-0.1, -0.05) is 0 Å². The molecule has 24 heavy (non-hydrogen) atoms. The molecule has 0 fully saturated rings. The van der Waals surface area contributed by atoms with Crippen LogP contribution in [0.4, 0.5) is 5.00 Å². The monoisotopic (exact) mass is 351 g/mol. The van der Waals surface area contributed by atoms with Crippen LogP contribution >= 0.6 is 11.3 Å². The minimum Gasteiger partial charge on any atom is -0.494 e. The molecule has 0 unspecified atom stereocenters. The molecule has 128 valence electrons. The van der Waals surface area contributed by atoms with Gasteiger partial charge in [-0.05, 0) is 19.9 Å². The quantitative estimate of drug-likeness (QED) is 0.656. The van der Waals surface area contributed by atoms with Crippen molar-refractivity contribution in [1.82, 2.24) is 9.13 Å². The molecule has 0 aromatic carbocycles. The van der Waals surface area contributed by atoms with Gasteiger partial charge in [0, 0.05) is 25.2 Å². The maximum atomic E-state index is 12.1. The molecule has 0 bridgehead atoms. The summed E-state index contributed by atoms with van der Waals surface area (Å²) in [6, 6.07) is 1.65. The van der Waals surface area contributed by atoms with E-state index in [4.69, 9.17) is 4.74 Å². The first-order chi connectivity index (χ1) is 11.3. The molecule has 2 rings (SSSR count). The summed E-state index contributed by atoms with van der Waals surface area (Å²) >= 11 is 1.25. The van der Waals surface area contributed by atoms with Crippen LogP contribution in [0, 0.1) is 6.92 Å². The average molecular weight is 351 g/mol. The van der Waals surface area contributed by atoms with Crippen LogP contribution in [0.3, 0.4) is 0 Å². The molecule has 0 amide bonds. The van der Waals surface area contributed by atoms with Gasteiger partial charge in [0.15, 0.2) is 0 Å². The van der Waals surface area contributed by atoms with Crippen molar-refractivity contribution >= 4 is 28.5 Å². The molecule has 0 spiro atoms. The Balaban J connectivity index is 2.53. The Labute approximate surface area is 141 Å². The smallest absolute Gasteiger partial charge is 0.341 e. The number of rotatable bonds is 4. The third-order valence-corrected chi connectivity index (χ3v) is 4.27. The molecule has 0 aliphatic carbocycles. The Bertz CT molecular complexity index is 936. The van der Waals surface area contributed by atoms with Crippen molar-refractivity contribution in [3.05, 3.63) is 42.9 Å². The maximum absolute atomic E-state index is 12.1. The topological polar surface area (TPSA) is 103 Å². The van der Waals surface area contributed by atoms with Gasteiger partial charge in [0.05, 0.1) is 12.2 Å².